The molecule has 0 radical (unpaired) electrons. The molecule has 0 saturated carbocycles. The highest BCUT2D eigenvalue weighted by Crippen LogP contribution is 2.29. The van der Waals surface area contributed by atoms with Crippen molar-refractivity contribution in [1.29, 1.82) is 0 Å². The molecule has 1 heterocycles. The molecule has 90 valence electrons. The molecule has 0 bridgehead atoms. The summed E-state index contributed by atoms with van der Waals surface area (Å²) in [4.78, 5) is 11.1. The van der Waals surface area contributed by atoms with Crippen LogP contribution in [0.3, 0.4) is 0 Å². The Balaban J connectivity index is 2.44. The molecule has 0 aliphatic carbocycles. The minimum atomic E-state index is -0.775. The first-order valence-corrected chi connectivity index (χ1v) is 5.23. The highest BCUT2D eigenvalue weighted by molar-refractivity contribution is 6.35. The molecule has 17 heavy (non-hydrogen) atoms. The molecule has 0 unspecified atom stereocenters. The predicted molar refractivity (Wildman–Crippen MR) is 67.3 cm³/mol. The molecule has 1 aromatic carbocycles. The van der Waals surface area contributed by atoms with Crippen molar-refractivity contribution in [3.63, 3.8) is 0 Å². The van der Waals surface area contributed by atoms with Crippen LogP contribution in [0.1, 0.15) is 0 Å². The van der Waals surface area contributed by atoms with Crippen molar-refractivity contribution in [1.82, 2.24) is 4.68 Å². The summed E-state index contributed by atoms with van der Waals surface area (Å²) < 4.78 is 5.35. The summed E-state index contributed by atoms with van der Waals surface area (Å²) in [5.74, 6) is 4.64. The van der Waals surface area contributed by atoms with E-state index in [1.54, 1.807) is 18.2 Å². The highest BCUT2D eigenvalue weighted by atomic mass is 35.5. The maximum absolute atomic E-state index is 11.1. The van der Waals surface area contributed by atoms with E-state index < -0.39 is 5.76 Å². The van der Waals surface area contributed by atoms with E-state index in [1.807, 2.05) is 0 Å². The molecule has 2 rings (SSSR count). The number of oxazole rings is 1. The van der Waals surface area contributed by atoms with Crippen molar-refractivity contribution < 1.29 is 4.42 Å². The fourth-order valence-corrected chi connectivity index (χ4v) is 1.58. The normalized spacial score (nSPS) is 10.5. The zero-order valence-corrected chi connectivity index (χ0v) is 9.92. The van der Waals surface area contributed by atoms with Crippen LogP contribution in [0.5, 0.6) is 0 Å². The first-order valence-electron chi connectivity index (χ1n) is 4.47. The lowest BCUT2D eigenvalue weighted by Gasteiger charge is -2.08. The van der Waals surface area contributed by atoms with Crippen LogP contribution in [0.15, 0.2) is 27.4 Å². The Bertz CT molecular complexity index is 620. The average Bonchev–Trinajstić information content (AvgIpc) is 2.50. The van der Waals surface area contributed by atoms with E-state index in [-0.39, 0.29) is 11.7 Å². The van der Waals surface area contributed by atoms with Crippen LogP contribution in [0.2, 0.25) is 10.0 Å². The highest BCUT2D eigenvalue weighted by Gasteiger charge is 2.13. The van der Waals surface area contributed by atoms with E-state index in [9.17, 15) is 4.79 Å². The van der Waals surface area contributed by atoms with Gasteiger partial charge in [0.05, 0.1) is 10.7 Å². The van der Waals surface area contributed by atoms with Gasteiger partial charge in [-0.1, -0.05) is 23.2 Å². The van der Waals surface area contributed by atoms with Crippen LogP contribution in [-0.2, 0) is 0 Å². The molecule has 6 nitrogen and oxygen atoms in total. The molecule has 2 aromatic rings. The van der Waals surface area contributed by atoms with Gasteiger partial charge in [0, 0.05) is 5.02 Å². The summed E-state index contributed by atoms with van der Waals surface area (Å²) >= 11 is 11.8. The molecule has 8 heteroatoms. The van der Waals surface area contributed by atoms with Gasteiger partial charge in [0.15, 0.2) is 5.82 Å². The third-order valence-corrected chi connectivity index (χ3v) is 2.61. The van der Waals surface area contributed by atoms with E-state index in [2.05, 4.69) is 9.73 Å². The minimum absolute atomic E-state index is 0.110. The van der Waals surface area contributed by atoms with Crippen LogP contribution in [0.4, 0.5) is 17.4 Å². The molecule has 0 saturated heterocycles. The van der Waals surface area contributed by atoms with Gasteiger partial charge in [0.25, 0.3) is 0 Å². The van der Waals surface area contributed by atoms with Crippen molar-refractivity contribution in [2.75, 3.05) is 16.9 Å². The van der Waals surface area contributed by atoms with Crippen LogP contribution in [-0.4, -0.2) is 4.68 Å². The minimum Gasteiger partial charge on any atom is -0.388 e. The first-order chi connectivity index (χ1) is 7.99. The maximum Gasteiger partial charge on any atom is 0.441 e. The smallest absolute Gasteiger partial charge is 0.388 e. The lowest BCUT2D eigenvalue weighted by Crippen LogP contribution is -2.23. The quantitative estimate of drug-likeness (QED) is 0.725. The summed E-state index contributed by atoms with van der Waals surface area (Å²) in [7, 11) is 0. The number of hydrogen-bond donors (Lipinski definition) is 3. The lowest BCUT2D eigenvalue weighted by molar-refractivity contribution is 0.516. The molecule has 0 aliphatic heterocycles. The number of aromatic nitrogens is 1. The van der Waals surface area contributed by atoms with Gasteiger partial charge >= 0.3 is 5.76 Å². The Morgan fingerprint density at radius 3 is 2.65 bits per heavy atom. The van der Waals surface area contributed by atoms with E-state index in [1.165, 1.54) is 0 Å². The van der Waals surface area contributed by atoms with Crippen molar-refractivity contribution in [3.8, 4) is 0 Å². The number of nitrogens with two attached hydrogens (primary N) is 2. The summed E-state index contributed by atoms with van der Waals surface area (Å²) in [5.41, 5.74) is 5.94. The molecule has 0 fully saturated rings. The zero-order valence-electron chi connectivity index (χ0n) is 8.41. The Labute approximate surface area is 106 Å². The van der Waals surface area contributed by atoms with Gasteiger partial charge in [-0.15, -0.1) is 0 Å². The van der Waals surface area contributed by atoms with Gasteiger partial charge in [-0.2, -0.15) is 4.68 Å². The molecule has 5 N–H and O–H groups in total. The Kier molecular flexibility index (Phi) is 2.91. The zero-order chi connectivity index (χ0) is 12.6. The van der Waals surface area contributed by atoms with Gasteiger partial charge in [-0.05, 0) is 18.2 Å². The molecular weight excluding hydrogens is 267 g/mol. The van der Waals surface area contributed by atoms with Gasteiger partial charge in [-0.3, -0.25) is 0 Å². The van der Waals surface area contributed by atoms with Crippen LogP contribution < -0.4 is 22.6 Å². The largest absolute Gasteiger partial charge is 0.441 e. The van der Waals surface area contributed by atoms with Crippen molar-refractivity contribution in [3.05, 3.63) is 38.8 Å². The molecule has 0 spiro atoms. The Morgan fingerprint density at radius 2 is 2.06 bits per heavy atom. The fraction of sp³-hybridized carbons (Fsp3) is 0. The van der Waals surface area contributed by atoms with Crippen LogP contribution in [0.25, 0.3) is 0 Å². The van der Waals surface area contributed by atoms with E-state index in [4.69, 9.17) is 34.8 Å². The standard InChI is InChI=1S/C9H8Cl2N4O2/c10-4-1-2-5(11)6(3-4)14-8-7(12)17-9(16)15(8)13/h1-3,14H,12-13H2. The third-order valence-electron chi connectivity index (χ3n) is 2.05. The monoisotopic (exact) mass is 274 g/mol. The number of rotatable bonds is 2. The third kappa shape index (κ3) is 2.17. The van der Waals surface area contributed by atoms with Crippen LogP contribution in [0, 0.1) is 0 Å². The van der Waals surface area contributed by atoms with E-state index >= 15 is 0 Å². The average molecular weight is 275 g/mol. The predicted octanol–water partition coefficient (Wildman–Crippen LogP) is 1.79. The summed E-state index contributed by atoms with van der Waals surface area (Å²) in [5, 5.41) is 3.66. The molecule has 1 aromatic heterocycles. The van der Waals surface area contributed by atoms with Gasteiger partial charge < -0.3 is 21.3 Å². The number of hydrogen-bond acceptors (Lipinski definition) is 5. The van der Waals surface area contributed by atoms with Gasteiger partial charge in [-0.25, -0.2) is 4.79 Å². The lowest BCUT2D eigenvalue weighted by atomic mass is 10.3. The van der Waals surface area contributed by atoms with Crippen molar-refractivity contribution >= 4 is 40.6 Å². The second-order valence-electron chi connectivity index (χ2n) is 3.20. The maximum atomic E-state index is 11.1. The molecule has 0 aliphatic rings. The second-order valence-corrected chi connectivity index (χ2v) is 4.04. The first kappa shape index (κ1) is 11.7. The number of nitrogens with one attached hydrogen (secondary N) is 1. The van der Waals surface area contributed by atoms with Crippen molar-refractivity contribution in [2.45, 2.75) is 0 Å². The fourth-order valence-electron chi connectivity index (χ4n) is 1.24. The number of halogens is 2. The summed E-state index contributed by atoms with van der Waals surface area (Å²) in [6, 6.07) is 4.80. The second kappa shape index (κ2) is 4.23. The number of anilines is 3. The van der Waals surface area contributed by atoms with Crippen LogP contribution >= 0.6 is 23.2 Å². The number of nitrogens with zero attached hydrogens (tertiary/aromatic N) is 1. The SMILES string of the molecule is Nc1oc(=O)n(N)c1Nc1cc(Cl)ccc1Cl. The topological polar surface area (TPSA) is 99.2 Å². The van der Waals surface area contributed by atoms with Gasteiger partial charge in [0.1, 0.15) is 0 Å². The molecule has 0 atom stereocenters. The van der Waals surface area contributed by atoms with Gasteiger partial charge in [0.2, 0.25) is 5.88 Å². The van der Waals surface area contributed by atoms with E-state index in [0.29, 0.717) is 15.7 Å². The molecular formula is C9H8Cl2N4O2. The Morgan fingerprint density at radius 1 is 1.35 bits per heavy atom. The van der Waals surface area contributed by atoms with Crippen molar-refractivity contribution in [2.24, 2.45) is 0 Å². The summed E-state index contributed by atoms with van der Waals surface area (Å²) in [6.07, 6.45) is 0. The number of benzene rings is 1. The van der Waals surface area contributed by atoms with E-state index in [0.717, 1.165) is 4.68 Å². The molecule has 0 amide bonds. The Hall–Kier alpha value is -1.79. The summed E-state index contributed by atoms with van der Waals surface area (Å²) in [6.45, 7) is 0. The number of nitrogen functional groups attached to an aromatic ring is 2.